The fourth-order valence-corrected chi connectivity index (χ4v) is 3.86. The maximum absolute atomic E-state index is 6.31. The molecule has 1 aliphatic rings. The second-order valence-corrected chi connectivity index (χ2v) is 7.82. The third-order valence-corrected chi connectivity index (χ3v) is 5.75. The van der Waals surface area contributed by atoms with Crippen LogP contribution in [-0.4, -0.2) is 16.0 Å². The van der Waals surface area contributed by atoms with E-state index in [1.54, 1.807) is 0 Å². The molecular formula is C22H25ClN4. The minimum absolute atomic E-state index is 0.0840. The minimum Gasteiger partial charge on any atom is -0.363 e. The van der Waals surface area contributed by atoms with E-state index >= 15 is 0 Å². The standard InChI is InChI=1S/C22H25ClN4/c1-14-11-12-16(13-19(14)23)15(2)24-21-18-9-5-6-10-20(18)26-22(27-21)25-17-7-3-4-8-17/h5-6,9-13,15,17H,3-4,7-8H2,1-2H3,(H2,24,25,26,27). The van der Waals surface area contributed by atoms with Gasteiger partial charge in [-0.2, -0.15) is 4.98 Å². The maximum Gasteiger partial charge on any atom is 0.225 e. The molecular weight excluding hydrogens is 356 g/mol. The second kappa shape index (κ2) is 7.73. The van der Waals surface area contributed by atoms with Gasteiger partial charge in [-0.1, -0.05) is 48.7 Å². The van der Waals surface area contributed by atoms with Crippen LogP contribution in [0.15, 0.2) is 42.5 Å². The van der Waals surface area contributed by atoms with E-state index in [0.29, 0.717) is 12.0 Å². The highest BCUT2D eigenvalue weighted by Crippen LogP contribution is 2.29. The molecule has 4 nitrogen and oxygen atoms in total. The molecule has 5 heteroatoms. The van der Waals surface area contributed by atoms with Crippen LogP contribution in [0.3, 0.4) is 0 Å². The summed E-state index contributed by atoms with van der Waals surface area (Å²) < 4.78 is 0. The number of hydrogen-bond acceptors (Lipinski definition) is 4. The molecule has 0 spiro atoms. The topological polar surface area (TPSA) is 49.8 Å². The molecule has 1 saturated carbocycles. The molecule has 140 valence electrons. The summed E-state index contributed by atoms with van der Waals surface area (Å²) in [6.45, 7) is 4.14. The highest BCUT2D eigenvalue weighted by molar-refractivity contribution is 6.31. The van der Waals surface area contributed by atoms with Gasteiger partial charge < -0.3 is 10.6 Å². The lowest BCUT2D eigenvalue weighted by atomic mass is 10.1. The van der Waals surface area contributed by atoms with Crippen molar-refractivity contribution < 1.29 is 0 Å². The Balaban J connectivity index is 1.65. The van der Waals surface area contributed by atoms with Gasteiger partial charge in [-0.05, 0) is 56.0 Å². The smallest absolute Gasteiger partial charge is 0.225 e. The average molecular weight is 381 g/mol. The molecule has 1 heterocycles. The Bertz CT molecular complexity index is 950. The number of halogens is 1. The van der Waals surface area contributed by atoms with Gasteiger partial charge in [-0.25, -0.2) is 4.98 Å². The molecule has 1 aromatic heterocycles. The van der Waals surface area contributed by atoms with E-state index in [1.165, 1.54) is 25.7 Å². The Morgan fingerprint density at radius 1 is 1.07 bits per heavy atom. The molecule has 0 amide bonds. The number of fused-ring (bicyclic) bond motifs is 1. The molecule has 0 saturated heterocycles. The molecule has 1 atom stereocenters. The first-order valence-corrected chi connectivity index (χ1v) is 10.0. The molecule has 3 aromatic rings. The lowest BCUT2D eigenvalue weighted by Crippen LogP contribution is -2.18. The number of benzene rings is 2. The fraction of sp³-hybridized carbons (Fsp3) is 0.364. The summed E-state index contributed by atoms with van der Waals surface area (Å²) in [4.78, 5) is 9.53. The van der Waals surface area contributed by atoms with Gasteiger partial charge in [0.25, 0.3) is 0 Å². The lowest BCUT2D eigenvalue weighted by molar-refractivity contribution is 0.745. The van der Waals surface area contributed by atoms with Crippen LogP contribution in [-0.2, 0) is 0 Å². The number of aryl methyl sites for hydroxylation is 1. The molecule has 4 rings (SSSR count). The van der Waals surface area contributed by atoms with Crippen LogP contribution in [0.25, 0.3) is 10.9 Å². The van der Waals surface area contributed by atoms with Crippen LogP contribution in [0, 0.1) is 6.92 Å². The molecule has 27 heavy (non-hydrogen) atoms. The second-order valence-electron chi connectivity index (χ2n) is 7.41. The zero-order valence-corrected chi connectivity index (χ0v) is 16.6. The maximum atomic E-state index is 6.31. The van der Waals surface area contributed by atoms with Crippen LogP contribution in [0.1, 0.15) is 49.8 Å². The van der Waals surface area contributed by atoms with E-state index in [2.05, 4.69) is 35.8 Å². The highest BCUT2D eigenvalue weighted by atomic mass is 35.5. The van der Waals surface area contributed by atoms with Gasteiger partial charge in [0.2, 0.25) is 5.95 Å². The van der Waals surface area contributed by atoms with Gasteiger partial charge in [-0.3, -0.25) is 0 Å². The third kappa shape index (κ3) is 4.01. The quantitative estimate of drug-likeness (QED) is 0.559. The summed E-state index contributed by atoms with van der Waals surface area (Å²) in [5.74, 6) is 1.56. The van der Waals surface area contributed by atoms with Crippen molar-refractivity contribution in [3.63, 3.8) is 0 Å². The SMILES string of the molecule is Cc1ccc(C(C)Nc2nc(NC3CCCC3)nc3ccccc23)cc1Cl. The van der Waals surface area contributed by atoms with Crippen molar-refractivity contribution in [2.75, 3.05) is 10.6 Å². The van der Waals surface area contributed by atoms with Gasteiger partial charge in [0.05, 0.1) is 11.6 Å². The van der Waals surface area contributed by atoms with Crippen molar-refractivity contribution in [3.8, 4) is 0 Å². The van der Waals surface area contributed by atoms with E-state index < -0.39 is 0 Å². The summed E-state index contributed by atoms with van der Waals surface area (Å²) in [5.41, 5.74) is 3.17. The number of nitrogens with one attached hydrogen (secondary N) is 2. The lowest BCUT2D eigenvalue weighted by Gasteiger charge is -2.19. The molecule has 2 N–H and O–H groups in total. The van der Waals surface area contributed by atoms with E-state index in [0.717, 1.165) is 32.9 Å². The molecule has 1 unspecified atom stereocenters. The van der Waals surface area contributed by atoms with Gasteiger partial charge in [0.15, 0.2) is 0 Å². The van der Waals surface area contributed by atoms with Crippen LogP contribution in [0.2, 0.25) is 5.02 Å². The summed E-state index contributed by atoms with van der Waals surface area (Å²) in [6.07, 6.45) is 4.94. The van der Waals surface area contributed by atoms with E-state index in [1.807, 2.05) is 31.2 Å². The van der Waals surface area contributed by atoms with Crippen molar-refractivity contribution in [1.29, 1.82) is 0 Å². The third-order valence-electron chi connectivity index (χ3n) is 5.34. The number of aromatic nitrogens is 2. The molecule has 0 aliphatic heterocycles. The van der Waals surface area contributed by atoms with Crippen LogP contribution in [0.4, 0.5) is 11.8 Å². The summed E-state index contributed by atoms with van der Waals surface area (Å²) in [6, 6.07) is 14.9. The number of anilines is 2. The minimum atomic E-state index is 0.0840. The largest absolute Gasteiger partial charge is 0.363 e. The Hall–Kier alpha value is -2.33. The van der Waals surface area contributed by atoms with Crippen LogP contribution in [0.5, 0.6) is 0 Å². The fourth-order valence-electron chi connectivity index (χ4n) is 3.67. The molecule has 0 bridgehead atoms. The summed E-state index contributed by atoms with van der Waals surface area (Å²) >= 11 is 6.31. The normalized spacial score (nSPS) is 15.8. The zero-order valence-electron chi connectivity index (χ0n) is 15.8. The van der Waals surface area contributed by atoms with Crippen molar-refractivity contribution >= 4 is 34.3 Å². The van der Waals surface area contributed by atoms with Gasteiger partial charge in [-0.15, -0.1) is 0 Å². The molecule has 2 aromatic carbocycles. The Morgan fingerprint density at radius 3 is 2.63 bits per heavy atom. The van der Waals surface area contributed by atoms with Crippen molar-refractivity contribution in [2.45, 2.75) is 51.6 Å². The predicted molar refractivity (Wildman–Crippen MR) is 114 cm³/mol. The molecule has 0 radical (unpaired) electrons. The van der Waals surface area contributed by atoms with Crippen molar-refractivity contribution in [3.05, 3.63) is 58.6 Å². The first kappa shape index (κ1) is 18.1. The highest BCUT2D eigenvalue weighted by Gasteiger charge is 2.17. The summed E-state index contributed by atoms with van der Waals surface area (Å²) in [7, 11) is 0. The van der Waals surface area contributed by atoms with Crippen molar-refractivity contribution in [1.82, 2.24) is 9.97 Å². The first-order chi connectivity index (χ1) is 13.1. The number of hydrogen-bond donors (Lipinski definition) is 2. The van der Waals surface area contributed by atoms with Crippen molar-refractivity contribution in [2.24, 2.45) is 0 Å². The van der Waals surface area contributed by atoms with E-state index in [4.69, 9.17) is 21.6 Å². The Kier molecular flexibility index (Phi) is 5.17. The van der Waals surface area contributed by atoms with Crippen LogP contribution >= 0.6 is 11.6 Å². The number of nitrogens with zero attached hydrogens (tertiary/aromatic N) is 2. The predicted octanol–water partition coefficient (Wildman–Crippen LogP) is 6.12. The van der Waals surface area contributed by atoms with Gasteiger partial charge in [0, 0.05) is 16.5 Å². The average Bonchev–Trinajstić information content (AvgIpc) is 3.17. The zero-order chi connectivity index (χ0) is 18.8. The Morgan fingerprint density at radius 2 is 1.85 bits per heavy atom. The van der Waals surface area contributed by atoms with Gasteiger partial charge >= 0.3 is 0 Å². The summed E-state index contributed by atoms with van der Waals surface area (Å²) in [5, 5.41) is 8.90. The molecule has 1 aliphatic carbocycles. The van der Waals surface area contributed by atoms with E-state index in [-0.39, 0.29) is 6.04 Å². The van der Waals surface area contributed by atoms with E-state index in [9.17, 15) is 0 Å². The number of para-hydroxylation sites is 1. The Labute approximate surface area is 165 Å². The van der Waals surface area contributed by atoms with Crippen LogP contribution < -0.4 is 10.6 Å². The van der Waals surface area contributed by atoms with Gasteiger partial charge in [0.1, 0.15) is 5.82 Å². The molecule has 1 fully saturated rings. The first-order valence-electron chi connectivity index (χ1n) is 9.66. The monoisotopic (exact) mass is 380 g/mol. The number of rotatable bonds is 5.